The molecule has 2 aromatic rings. The molecule has 0 radical (unpaired) electrons. The number of esters is 1. The number of nitro groups is 1. The highest BCUT2D eigenvalue weighted by Crippen LogP contribution is 2.48. The Balaban J connectivity index is 1.79. The Hall–Kier alpha value is -3.26. The number of hydrogen-bond donors (Lipinski definition) is 1. The summed E-state index contributed by atoms with van der Waals surface area (Å²) in [6, 6.07) is 10.1. The van der Waals surface area contributed by atoms with Crippen molar-refractivity contribution in [1.82, 2.24) is 5.32 Å². The third-order valence-corrected chi connectivity index (χ3v) is 7.07. The maximum atomic E-state index is 13.5. The van der Waals surface area contributed by atoms with Crippen molar-refractivity contribution < 1.29 is 19.2 Å². The molecule has 2 aliphatic rings. The van der Waals surface area contributed by atoms with Crippen LogP contribution in [0.2, 0.25) is 0 Å². The van der Waals surface area contributed by atoms with E-state index in [2.05, 4.69) is 11.9 Å². The zero-order valence-corrected chi connectivity index (χ0v) is 19.4. The molecule has 1 N–H and O–H groups in total. The minimum atomic E-state index is -0.855. The molecule has 0 bridgehead atoms. The van der Waals surface area contributed by atoms with Crippen LogP contribution in [0.1, 0.15) is 49.0 Å². The lowest BCUT2D eigenvalue weighted by Gasteiger charge is -2.39. The minimum absolute atomic E-state index is 0.0479. The maximum Gasteiger partial charge on any atom is 0.315 e. The van der Waals surface area contributed by atoms with Crippen molar-refractivity contribution in [3.05, 3.63) is 85.9 Å². The summed E-state index contributed by atoms with van der Waals surface area (Å²) in [5.74, 6) is -1.90. The second-order valence-corrected chi connectivity index (χ2v) is 9.90. The van der Waals surface area contributed by atoms with E-state index in [-0.39, 0.29) is 29.9 Å². The number of carbonyl (C=O) groups excluding carboxylic acids is 2. The van der Waals surface area contributed by atoms with Crippen LogP contribution in [-0.2, 0) is 14.3 Å². The number of ether oxygens (including phenoxy) is 1. The molecular formula is C25H26N2O5S. The highest BCUT2D eigenvalue weighted by Gasteiger charge is 2.45. The fraction of sp³-hybridized carbons (Fsp3) is 0.360. The molecule has 1 aliphatic heterocycles. The Morgan fingerprint density at radius 3 is 2.76 bits per heavy atom. The molecule has 3 unspecified atom stereocenters. The van der Waals surface area contributed by atoms with Crippen LogP contribution in [0.15, 0.2) is 65.3 Å². The molecule has 0 amide bonds. The largest absolute Gasteiger partial charge is 0.465 e. The minimum Gasteiger partial charge on any atom is -0.465 e. The number of thiophene rings is 1. The van der Waals surface area contributed by atoms with Crippen LogP contribution >= 0.6 is 11.3 Å². The molecule has 172 valence electrons. The molecule has 1 aliphatic carbocycles. The van der Waals surface area contributed by atoms with E-state index in [1.165, 1.54) is 12.1 Å². The number of benzene rings is 1. The Bertz CT molecular complexity index is 1140. The van der Waals surface area contributed by atoms with E-state index >= 15 is 0 Å². The molecule has 0 saturated heterocycles. The monoisotopic (exact) mass is 466 g/mol. The second kappa shape index (κ2) is 9.31. The molecule has 8 heteroatoms. The quantitative estimate of drug-likeness (QED) is 0.362. The van der Waals surface area contributed by atoms with Crippen LogP contribution in [0.3, 0.4) is 0 Å². The van der Waals surface area contributed by atoms with Gasteiger partial charge >= 0.3 is 5.97 Å². The topological polar surface area (TPSA) is 98.5 Å². The van der Waals surface area contributed by atoms with Gasteiger partial charge in [0.1, 0.15) is 5.92 Å². The SMILES string of the molecule is C=C1NC2=C(C(=O)CC(c3cccs3)C2)C(c2cccc([N+](=O)[O-])c2)C1C(=O)OCC(C)C. The van der Waals surface area contributed by atoms with Gasteiger partial charge in [-0.1, -0.05) is 38.6 Å². The van der Waals surface area contributed by atoms with E-state index in [9.17, 15) is 19.7 Å². The summed E-state index contributed by atoms with van der Waals surface area (Å²) in [5.41, 5.74) is 2.13. The molecule has 0 spiro atoms. The van der Waals surface area contributed by atoms with Crippen LogP contribution in [0.4, 0.5) is 5.69 Å². The van der Waals surface area contributed by atoms with Gasteiger partial charge in [0.05, 0.1) is 11.5 Å². The molecule has 1 aromatic carbocycles. The predicted octanol–water partition coefficient (Wildman–Crippen LogP) is 5.07. The zero-order valence-electron chi connectivity index (χ0n) is 18.6. The first-order valence-corrected chi connectivity index (χ1v) is 11.8. The van der Waals surface area contributed by atoms with Crippen LogP contribution in [0.25, 0.3) is 0 Å². The fourth-order valence-corrected chi connectivity index (χ4v) is 5.41. The molecule has 3 atom stereocenters. The predicted molar refractivity (Wildman–Crippen MR) is 126 cm³/mol. The first-order valence-electron chi connectivity index (χ1n) is 10.9. The summed E-state index contributed by atoms with van der Waals surface area (Å²) < 4.78 is 5.53. The maximum absolute atomic E-state index is 13.5. The molecule has 1 aromatic heterocycles. The zero-order chi connectivity index (χ0) is 23.7. The van der Waals surface area contributed by atoms with Gasteiger partial charge in [-0.05, 0) is 29.3 Å². The number of ketones is 1. The standard InChI is InChI=1S/C25H26N2O5S/c1-14(2)13-32-25(29)22-15(3)26-19-11-17(21-8-5-9-33-21)12-20(28)24(19)23(22)16-6-4-7-18(10-16)27(30)31/h4-10,14,17,22-23,26H,3,11-13H2,1-2H3. The first-order chi connectivity index (χ1) is 15.8. The highest BCUT2D eigenvalue weighted by atomic mass is 32.1. The Morgan fingerprint density at radius 1 is 1.30 bits per heavy atom. The van der Waals surface area contributed by atoms with Crippen molar-refractivity contribution in [3.63, 3.8) is 0 Å². The fourth-order valence-electron chi connectivity index (χ4n) is 4.58. The Morgan fingerprint density at radius 2 is 2.09 bits per heavy atom. The molecule has 33 heavy (non-hydrogen) atoms. The number of nitrogens with zero attached hydrogens (tertiary/aromatic N) is 1. The summed E-state index contributed by atoms with van der Waals surface area (Å²) in [6.07, 6.45) is 0.937. The number of Topliss-reactive ketones (excluding diaryl/α,β-unsaturated/α-hetero) is 1. The van der Waals surface area contributed by atoms with Gasteiger partial charge in [-0.15, -0.1) is 11.3 Å². The lowest BCUT2D eigenvalue weighted by atomic mass is 9.69. The van der Waals surface area contributed by atoms with E-state index < -0.39 is 22.7 Å². The summed E-state index contributed by atoms with van der Waals surface area (Å²) in [4.78, 5) is 38.7. The molecular weight excluding hydrogens is 440 g/mol. The summed E-state index contributed by atoms with van der Waals surface area (Å²) in [7, 11) is 0. The van der Waals surface area contributed by atoms with Gasteiger partial charge in [0.2, 0.25) is 0 Å². The van der Waals surface area contributed by atoms with Crippen molar-refractivity contribution in [2.75, 3.05) is 6.61 Å². The second-order valence-electron chi connectivity index (χ2n) is 8.92. The van der Waals surface area contributed by atoms with Crippen LogP contribution in [0, 0.1) is 22.0 Å². The summed E-state index contributed by atoms with van der Waals surface area (Å²) >= 11 is 1.61. The van der Waals surface area contributed by atoms with Gasteiger partial charge in [0.15, 0.2) is 5.78 Å². The number of rotatable bonds is 6. The molecule has 7 nitrogen and oxygen atoms in total. The van der Waals surface area contributed by atoms with E-state index in [1.54, 1.807) is 23.5 Å². The smallest absolute Gasteiger partial charge is 0.315 e. The Kier molecular flexibility index (Phi) is 6.47. The number of carbonyl (C=O) groups is 2. The van der Waals surface area contributed by atoms with Crippen molar-refractivity contribution in [2.45, 2.75) is 38.5 Å². The van der Waals surface area contributed by atoms with Crippen molar-refractivity contribution >= 4 is 28.8 Å². The van der Waals surface area contributed by atoms with Gasteiger partial charge in [-0.3, -0.25) is 19.7 Å². The van der Waals surface area contributed by atoms with E-state index in [1.807, 2.05) is 31.4 Å². The third kappa shape index (κ3) is 4.61. The average molecular weight is 467 g/mol. The number of allylic oxidation sites excluding steroid dienone is 2. The average Bonchev–Trinajstić information content (AvgIpc) is 3.31. The van der Waals surface area contributed by atoms with E-state index in [4.69, 9.17) is 4.74 Å². The van der Waals surface area contributed by atoms with Crippen LogP contribution in [0.5, 0.6) is 0 Å². The summed E-state index contributed by atoms with van der Waals surface area (Å²) in [6.45, 7) is 8.21. The van der Waals surface area contributed by atoms with Crippen LogP contribution in [-0.4, -0.2) is 23.3 Å². The van der Waals surface area contributed by atoms with Crippen molar-refractivity contribution in [2.24, 2.45) is 11.8 Å². The van der Waals surface area contributed by atoms with Gasteiger partial charge in [-0.25, -0.2) is 0 Å². The van der Waals surface area contributed by atoms with E-state index in [0.717, 1.165) is 10.6 Å². The Labute approximate surface area is 196 Å². The van der Waals surface area contributed by atoms with Crippen LogP contribution < -0.4 is 5.32 Å². The van der Waals surface area contributed by atoms with E-state index in [0.29, 0.717) is 29.7 Å². The van der Waals surface area contributed by atoms with Crippen molar-refractivity contribution in [1.29, 1.82) is 0 Å². The lowest BCUT2D eigenvalue weighted by molar-refractivity contribution is -0.384. The molecule has 4 rings (SSSR count). The van der Waals surface area contributed by atoms with Gasteiger partial charge in [0, 0.05) is 52.2 Å². The van der Waals surface area contributed by atoms with Crippen molar-refractivity contribution in [3.8, 4) is 0 Å². The highest BCUT2D eigenvalue weighted by molar-refractivity contribution is 7.10. The number of nitro benzene ring substituents is 1. The first kappa shape index (κ1) is 22.9. The normalized spacial score (nSPS) is 22.7. The molecule has 2 heterocycles. The number of hydrogen-bond acceptors (Lipinski definition) is 7. The number of nitrogens with one attached hydrogen (secondary N) is 1. The molecule has 0 saturated carbocycles. The summed E-state index contributed by atoms with van der Waals surface area (Å²) in [5, 5.41) is 16.6. The molecule has 0 fully saturated rings. The number of non-ortho nitro benzene ring substituents is 1. The third-order valence-electron chi connectivity index (χ3n) is 6.04. The lowest BCUT2D eigenvalue weighted by Crippen LogP contribution is -2.42. The van der Waals surface area contributed by atoms with Gasteiger partial charge in [0.25, 0.3) is 5.69 Å². The van der Waals surface area contributed by atoms with Gasteiger partial charge in [-0.2, -0.15) is 0 Å². The van der Waals surface area contributed by atoms with Gasteiger partial charge < -0.3 is 10.1 Å².